The zero-order valence-electron chi connectivity index (χ0n) is 11.1. The lowest BCUT2D eigenvalue weighted by molar-refractivity contribution is 0.277. The topological polar surface area (TPSA) is 82.2 Å². The molecule has 0 spiro atoms. The number of anilines is 1. The first-order chi connectivity index (χ1) is 9.33. The number of aryl methyl sites for hydroxylation is 2. The van der Waals surface area contributed by atoms with Gasteiger partial charge in [0.1, 0.15) is 4.90 Å². The van der Waals surface area contributed by atoms with Gasteiger partial charge >= 0.3 is 0 Å². The zero-order chi connectivity index (χ0) is 14.9. The first kappa shape index (κ1) is 15.1. The molecule has 0 aliphatic carbocycles. The largest absolute Gasteiger partial charge is 0.390 e. The Morgan fingerprint density at radius 3 is 2.35 bits per heavy atom. The van der Waals surface area contributed by atoms with E-state index in [1.54, 1.807) is 0 Å². The molecule has 0 radical (unpaired) electrons. The van der Waals surface area contributed by atoms with E-state index in [2.05, 4.69) is 25.6 Å². The number of hydrogen-bond donors (Lipinski definition) is 3. The molecule has 0 aliphatic rings. The highest BCUT2D eigenvalue weighted by Gasteiger charge is 2.18. The molecule has 3 N–H and O–H groups in total. The summed E-state index contributed by atoms with van der Waals surface area (Å²) in [5, 5.41) is 8.97. The lowest BCUT2D eigenvalue weighted by atomic mass is 10.1. The molecular formula is C13H15BrN2O3S. The summed E-state index contributed by atoms with van der Waals surface area (Å²) in [5.41, 5.74) is 2.69. The van der Waals surface area contributed by atoms with Crippen LogP contribution in [-0.2, 0) is 16.6 Å². The fraction of sp³-hybridized carbons (Fsp3) is 0.231. The van der Waals surface area contributed by atoms with Gasteiger partial charge in [-0.15, -0.1) is 0 Å². The van der Waals surface area contributed by atoms with Crippen LogP contribution < -0.4 is 4.72 Å². The van der Waals surface area contributed by atoms with Crippen molar-refractivity contribution >= 4 is 31.6 Å². The van der Waals surface area contributed by atoms with Crippen molar-refractivity contribution in [1.82, 2.24) is 4.98 Å². The van der Waals surface area contributed by atoms with Gasteiger partial charge in [-0.25, -0.2) is 8.42 Å². The normalized spacial score (nSPS) is 11.6. The number of aliphatic hydroxyl groups is 1. The highest BCUT2D eigenvalue weighted by Crippen LogP contribution is 2.27. The lowest BCUT2D eigenvalue weighted by Gasteiger charge is -2.13. The Balaban J connectivity index is 2.38. The highest BCUT2D eigenvalue weighted by molar-refractivity contribution is 9.10. The second kappa shape index (κ2) is 5.59. The quantitative estimate of drug-likeness (QED) is 0.785. The Morgan fingerprint density at radius 1 is 1.25 bits per heavy atom. The maximum atomic E-state index is 12.3. The van der Waals surface area contributed by atoms with Crippen LogP contribution in [0.25, 0.3) is 0 Å². The molecule has 0 bridgehead atoms. The number of hydrogen-bond acceptors (Lipinski definition) is 3. The Labute approximate surface area is 126 Å². The summed E-state index contributed by atoms with van der Waals surface area (Å²) in [5.74, 6) is 0. The van der Waals surface area contributed by atoms with Crippen molar-refractivity contribution < 1.29 is 13.5 Å². The van der Waals surface area contributed by atoms with Gasteiger partial charge in [0.2, 0.25) is 0 Å². The average Bonchev–Trinajstić information content (AvgIpc) is 2.83. The molecule has 108 valence electrons. The molecule has 1 aromatic heterocycles. The molecule has 20 heavy (non-hydrogen) atoms. The number of rotatable bonds is 4. The summed E-state index contributed by atoms with van der Waals surface area (Å²) in [6.07, 6.45) is 1.36. The maximum Gasteiger partial charge on any atom is 0.263 e. The Hall–Kier alpha value is -1.31. The van der Waals surface area contributed by atoms with Crippen LogP contribution in [0.1, 0.15) is 16.8 Å². The van der Waals surface area contributed by atoms with Crippen molar-refractivity contribution in [3.8, 4) is 0 Å². The van der Waals surface area contributed by atoms with Crippen LogP contribution in [-0.4, -0.2) is 18.5 Å². The molecule has 0 unspecified atom stereocenters. The van der Waals surface area contributed by atoms with Gasteiger partial charge in [-0.3, -0.25) is 4.72 Å². The van der Waals surface area contributed by atoms with E-state index in [1.807, 2.05) is 26.0 Å². The molecular weight excluding hydrogens is 344 g/mol. The SMILES string of the molecule is Cc1cc(Br)cc(C)c1NS(=O)(=O)c1c[nH]c(CO)c1. The van der Waals surface area contributed by atoms with Gasteiger partial charge in [-0.1, -0.05) is 15.9 Å². The number of nitrogens with one attached hydrogen (secondary N) is 2. The summed E-state index contributed by atoms with van der Waals surface area (Å²) in [6.45, 7) is 3.45. The molecule has 7 heteroatoms. The van der Waals surface area contributed by atoms with Crippen LogP contribution in [0.3, 0.4) is 0 Å². The minimum Gasteiger partial charge on any atom is -0.390 e. The Kier molecular flexibility index (Phi) is 4.22. The van der Waals surface area contributed by atoms with Crippen molar-refractivity contribution in [1.29, 1.82) is 0 Å². The zero-order valence-corrected chi connectivity index (χ0v) is 13.5. The van der Waals surface area contributed by atoms with E-state index in [0.29, 0.717) is 11.4 Å². The maximum absolute atomic E-state index is 12.3. The molecule has 1 heterocycles. The molecule has 0 aliphatic heterocycles. The van der Waals surface area contributed by atoms with Gasteiger partial charge in [0.05, 0.1) is 12.3 Å². The third kappa shape index (κ3) is 3.05. The summed E-state index contributed by atoms with van der Waals surface area (Å²) in [4.78, 5) is 2.81. The van der Waals surface area contributed by atoms with E-state index in [9.17, 15) is 8.42 Å². The number of sulfonamides is 1. The van der Waals surface area contributed by atoms with Gasteiger partial charge in [-0.2, -0.15) is 0 Å². The van der Waals surface area contributed by atoms with E-state index < -0.39 is 10.0 Å². The molecule has 0 saturated heterocycles. The van der Waals surface area contributed by atoms with E-state index >= 15 is 0 Å². The highest BCUT2D eigenvalue weighted by atomic mass is 79.9. The number of H-pyrrole nitrogens is 1. The van der Waals surface area contributed by atoms with Crippen LogP contribution in [0.4, 0.5) is 5.69 Å². The smallest absolute Gasteiger partial charge is 0.263 e. The Morgan fingerprint density at radius 2 is 1.85 bits per heavy atom. The third-order valence-corrected chi connectivity index (χ3v) is 4.72. The average molecular weight is 359 g/mol. The molecule has 1 aromatic carbocycles. The first-order valence-electron chi connectivity index (χ1n) is 5.91. The van der Waals surface area contributed by atoms with Crippen LogP contribution in [0.5, 0.6) is 0 Å². The van der Waals surface area contributed by atoms with Crippen molar-refractivity contribution in [3.63, 3.8) is 0 Å². The summed E-state index contributed by atoms with van der Waals surface area (Å²) >= 11 is 3.37. The second-order valence-electron chi connectivity index (χ2n) is 4.54. The molecule has 2 aromatic rings. The predicted molar refractivity (Wildman–Crippen MR) is 81.1 cm³/mol. The fourth-order valence-corrected chi connectivity index (χ4v) is 3.84. The van der Waals surface area contributed by atoms with E-state index in [0.717, 1.165) is 15.6 Å². The summed E-state index contributed by atoms with van der Waals surface area (Å²) in [7, 11) is -3.67. The van der Waals surface area contributed by atoms with Crippen LogP contribution >= 0.6 is 15.9 Å². The lowest BCUT2D eigenvalue weighted by Crippen LogP contribution is -2.14. The van der Waals surface area contributed by atoms with Gasteiger partial charge in [0.25, 0.3) is 10.0 Å². The minimum atomic E-state index is -3.67. The molecule has 0 amide bonds. The first-order valence-corrected chi connectivity index (χ1v) is 8.19. The van der Waals surface area contributed by atoms with Crippen molar-refractivity contribution in [2.24, 2.45) is 0 Å². The van der Waals surface area contributed by atoms with Crippen molar-refractivity contribution in [2.75, 3.05) is 4.72 Å². The van der Waals surface area contributed by atoms with E-state index in [1.165, 1.54) is 12.3 Å². The van der Waals surface area contributed by atoms with Crippen molar-refractivity contribution in [3.05, 3.63) is 45.7 Å². The van der Waals surface area contributed by atoms with Crippen molar-refractivity contribution in [2.45, 2.75) is 25.3 Å². The Bertz CT molecular complexity index is 715. The number of aliphatic hydroxyl groups excluding tert-OH is 1. The molecule has 0 atom stereocenters. The van der Waals surface area contributed by atoms with Crippen LogP contribution in [0.2, 0.25) is 0 Å². The van der Waals surface area contributed by atoms with Gasteiger partial charge < -0.3 is 10.1 Å². The van der Waals surface area contributed by atoms with E-state index in [-0.39, 0.29) is 11.5 Å². The van der Waals surface area contributed by atoms with E-state index in [4.69, 9.17) is 5.11 Å². The van der Waals surface area contributed by atoms with Gasteiger partial charge in [-0.05, 0) is 43.2 Å². The molecule has 2 rings (SSSR count). The summed E-state index contributed by atoms with van der Waals surface area (Å²) in [6, 6.07) is 5.11. The number of benzene rings is 1. The minimum absolute atomic E-state index is 0.100. The monoisotopic (exact) mass is 358 g/mol. The number of halogens is 1. The molecule has 5 nitrogen and oxygen atoms in total. The van der Waals surface area contributed by atoms with Crippen LogP contribution in [0, 0.1) is 13.8 Å². The second-order valence-corrected chi connectivity index (χ2v) is 7.14. The fourth-order valence-electron chi connectivity index (χ4n) is 1.93. The predicted octanol–water partition coefficient (Wildman–Crippen LogP) is 2.69. The summed E-state index contributed by atoms with van der Waals surface area (Å²) < 4.78 is 28.1. The number of aromatic nitrogens is 1. The molecule has 0 saturated carbocycles. The van der Waals surface area contributed by atoms with Gasteiger partial charge in [0, 0.05) is 16.4 Å². The standard InChI is InChI=1S/C13H15BrN2O3S/c1-8-3-10(14)4-9(2)13(8)16-20(18,19)12-5-11(7-17)15-6-12/h3-6,15-17H,7H2,1-2H3. The van der Waals surface area contributed by atoms with Crippen LogP contribution in [0.15, 0.2) is 33.8 Å². The number of aromatic amines is 1. The molecule has 0 fully saturated rings. The van der Waals surface area contributed by atoms with Gasteiger partial charge in [0.15, 0.2) is 0 Å². The third-order valence-electron chi connectivity index (χ3n) is 2.93.